The Bertz CT molecular complexity index is 6710. The molecular formula is C98H107F4N29O7. The van der Waals surface area contributed by atoms with E-state index in [0.717, 1.165) is 213 Å². The summed E-state index contributed by atoms with van der Waals surface area (Å²) in [7, 11) is 8.74. The Morgan fingerprint density at radius 3 is 1.07 bits per heavy atom. The van der Waals surface area contributed by atoms with Gasteiger partial charge in [-0.3, -0.25) is 4.79 Å². The smallest absolute Gasteiger partial charge is 0.324 e. The van der Waals surface area contributed by atoms with Crippen molar-refractivity contribution in [2.75, 3.05) is 122 Å². The molecule has 138 heavy (non-hydrogen) atoms. The summed E-state index contributed by atoms with van der Waals surface area (Å²) < 4.78 is 92.1. The molecule has 8 aromatic heterocycles. The van der Waals surface area contributed by atoms with Crippen LogP contribution in [0.1, 0.15) is 138 Å². The van der Waals surface area contributed by atoms with E-state index in [1.807, 2.05) is 27.7 Å². The number of carbonyl (C=O) groups is 1. The summed E-state index contributed by atoms with van der Waals surface area (Å²) in [5.41, 5.74) is 42.7. The number of aryl methyl sites for hydroxylation is 2. The topological polar surface area (TPSA) is 456 Å². The van der Waals surface area contributed by atoms with E-state index < -0.39 is 0 Å². The summed E-state index contributed by atoms with van der Waals surface area (Å²) in [5.74, 6) is 6.70. The SMILES string of the molecule is CNc1cc(F)cc2c1Cc1nc(Oc3cnc(C(=O)NCC(C)C)nc3)nc(N3CC4CC3C[C@@H]4N)c1-2.CNc1cc(F)cc2c1Cc1nc(Oc3cnc(C)nc3)nc(N3CC4CC3C[C@@H]4N)c1-2.CNc1cc(F)cc2c1Cc1nc(Oc3cnc(C)nc3)nc(N3C[C@H](N)C4(CC4)C3)c1-2.CNc1cc(F)cc2c1Cc1nc(Oc3cnc(COCOC)nc3)nc(N3C[C@@H]4CC3CC4N)c1-2. The number of methoxy groups -OCH3 is 1. The first-order valence-corrected chi connectivity index (χ1v) is 46.8. The van der Waals surface area contributed by atoms with Crippen LogP contribution in [0.5, 0.6) is 47.0 Å². The van der Waals surface area contributed by atoms with Gasteiger partial charge in [-0.05, 0) is 182 Å². The fourth-order valence-electron chi connectivity index (χ4n) is 21.7. The molecule has 1 spiro atoms. The van der Waals surface area contributed by atoms with Gasteiger partial charge in [-0.15, -0.1) is 0 Å². The lowest BCUT2D eigenvalue weighted by Crippen LogP contribution is -2.41. The van der Waals surface area contributed by atoms with Crippen LogP contribution >= 0.6 is 0 Å². The molecule has 4 aromatic carbocycles. The summed E-state index contributed by atoms with van der Waals surface area (Å²) in [6.07, 6.45) is 22.8. The van der Waals surface area contributed by atoms with Crippen molar-refractivity contribution in [3.8, 4) is 91.5 Å². The number of fused-ring (bicyclic) bond motifs is 18. The van der Waals surface area contributed by atoms with E-state index in [2.05, 4.69) is 86.1 Å². The van der Waals surface area contributed by atoms with Gasteiger partial charge in [-0.1, -0.05) is 13.8 Å². The van der Waals surface area contributed by atoms with Gasteiger partial charge in [0, 0.05) is 193 Å². The number of rotatable bonds is 23. The molecule has 1 amide bonds. The van der Waals surface area contributed by atoms with Crippen molar-refractivity contribution >= 4 is 51.9 Å². The molecule has 4 aliphatic heterocycles. The minimum atomic E-state index is -0.339. The molecule has 4 saturated carbocycles. The zero-order valence-electron chi connectivity index (χ0n) is 77.9. The predicted molar refractivity (Wildman–Crippen MR) is 508 cm³/mol. The number of ether oxygens (including phenoxy) is 6. The molecular weight excluding hydrogens is 1770 g/mol. The Morgan fingerprint density at radius 2 is 0.768 bits per heavy atom. The number of amides is 1. The Balaban J connectivity index is 0.000000110. The third kappa shape index (κ3) is 17.5. The van der Waals surface area contributed by atoms with Crippen LogP contribution in [0, 0.1) is 66.2 Å². The molecule has 0 radical (unpaired) electrons. The summed E-state index contributed by atoms with van der Waals surface area (Å²) in [6.45, 7) is 12.6. The Morgan fingerprint density at radius 1 is 0.442 bits per heavy atom. The second-order valence-corrected chi connectivity index (χ2v) is 38.0. The second-order valence-electron chi connectivity index (χ2n) is 38.0. The Hall–Kier alpha value is -13.9. The van der Waals surface area contributed by atoms with Crippen molar-refractivity contribution < 1.29 is 50.8 Å². The maximum atomic E-state index is 14.6. The molecule has 8 fully saturated rings. The highest BCUT2D eigenvalue weighted by Crippen LogP contribution is 2.57. The van der Waals surface area contributed by atoms with E-state index >= 15 is 0 Å². The number of aromatic nitrogens is 16. The van der Waals surface area contributed by atoms with E-state index in [4.69, 9.17) is 91.2 Å². The molecule has 12 aromatic rings. The predicted octanol–water partition coefficient (Wildman–Crippen LogP) is 12.1. The zero-order chi connectivity index (χ0) is 95.4. The zero-order valence-corrected chi connectivity index (χ0v) is 77.9. The van der Waals surface area contributed by atoms with Crippen LogP contribution in [0.4, 0.5) is 63.6 Å². The summed E-state index contributed by atoms with van der Waals surface area (Å²) in [6, 6.07) is 14.8. The van der Waals surface area contributed by atoms with Gasteiger partial charge in [0.05, 0.1) is 72.4 Å². The lowest BCUT2D eigenvalue weighted by Gasteiger charge is -2.32. The molecule has 12 aliphatic rings. The van der Waals surface area contributed by atoms with Crippen LogP contribution in [0.15, 0.2) is 98.1 Å². The van der Waals surface area contributed by atoms with E-state index in [0.29, 0.717) is 115 Å². The monoisotopic (exact) mass is 1880 g/mol. The third-order valence-electron chi connectivity index (χ3n) is 28.6. The first-order chi connectivity index (χ1) is 66.8. The average Bonchev–Trinajstić information content (AvgIpc) is 1.60. The number of benzene rings is 4. The van der Waals surface area contributed by atoms with Crippen molar-refractivity contribution in [3.63, 3.8) is 0 Å². The quantitative estimate of drug-likeness (QED) is 0.0163. The number of hydrogen-bond acceptors (Lipinski definition) is 35. The van der Waals surface area contributed by atoms with Gasteiger partial charge < -0.3 is 97.5 Å². The highest BCUT2D eigenvalue weighted by molar-refractivity contribution is 5.93. The fourth-order valence-corrected chi connectivity index (χ4v) is 21.7. The van der Waals surface area contributed by atoms with Gasteiger partial charge in [-0.2, -0.15) is 39.9 Å². The molecule has 8 aliphatic carbocycles. The molecule has 36 nitrogen and oxygen atoms in total. The lowest BCUT2D eigenvalue weighted by molar-refractivity contribution is -0.0412. The minimum absolute atomic E-state index is 0.0649. The van der Waals surface area contributed by atoms with Gasteiger partial charge in [0.2, 0.25) is 5.82 Å². The third-order valence-corrected chi connectivity index (χ3v) is 28.6. The normalized spacial score (nSPS) is 21.3. The van der Waals surface area contributed by atoms with Crippen LogP contribution < -0.4 is 88.1 Å². The van der Waals surface area contributed by atoms with Crippen LogP contribution in [-0.2, 0) is 41.8 Å². The largest absolute Gasteiger partial charge is 0.421 e. The lowest BCUT2D eigenvalue weighted by atomic mass is 10.0. The standard InChI is InChI=1S/C27H31FN8O2.C25H28FN7O3.2C23H24FN7O/c1-13(2)9-33-26(37)24-31-10-17(11-32-24)38-27-34-22-8-18-19(5-15(28)6-21(18)30-3)23(22)25(35-27)36-12-14-4-16(36)7-20(14)29;1-28-20-5-14(26)4-18-17(20)7-21-23(18)24(33-10-13-3-15(33)6-19(13)27)32-25(31-21)36-16-8-29-22(30-9-16)11-35-12-34-2;1-11-27-8-15(9-28-11)32-23-29-20-7-16-17(4-13(24)5-19(16)26-2)21(20)22(30-23)31-10-12-3-14(31)6-18(12)25;1-12-27-8-14(9-28-12)32-22-29-18-7-15-16(5-13(24)6-17(15)26-2)20(18)21(30-22)31-10-19(25)23(11-31)3-4-23/h5-6,10-11,13-14,16,20,30H,4,7-9,12,29H2,1-3H3,(H,33,37);4-5,8-9,13,15,19,28H,3,6-7,10-12,27H2,1-2H3;4-5,8-9,12,14,18,26H,3,6-7,10,25H2,1-2H3;5-6,8-9,19,26H,3-4,7,10-11,25H2,1-2H3/t14?,16?,20-;13-,15?,19?;12?,14?,18-;19-/m0000/s1. The number of piperidine rings is 3. The summed E-state index contributed by atoms with van der Waals surface area (Å²) in [5, 5.41) is 15.3. The number of anilines is 8. The summed E-state index contributed by atoms with van der Waals surface area (Å²) >= 11 is 0. The number of halogens is 4. The maximum absolute atomic E-state index is 14.6. The highest BCUT2D eigenvalue weighted by atomic mass is 19.1. The molecule has 24 rings (SSSR count). The number of hydrogen-bond donors (Lipinski definition) is 9. The summed E-state index contributed by atoms with van der Waals surface area (Å²) in [4.78, 5) is 93.1. The van der Waals surface area contributed by atoms with Gasteiger partial charge >= 0.3 is 24.0 Å². The molecule has 13 N–H and O–H groups in total. The maximum Gasteiger partial charge on any atom is 0.324 e. The van der Waals surface area contributed by atoms with Crippen molar-refractivity contribution in [3.05, 3.63) is 190 Å². The van der Waals surface area contributed by atoms with Crippen LogP contribution in [0.2, 0.25) is 0 Å². The fraction of sp³-hybridized carbons (Fsp3) is 0.418. The number of nitrogens with one attached hydrogen (secondary N) is 5. The van der Waals surface area contributed by atoms with Gasteiger partial charge in [0.1, 0.15) is 71.6 Å². The van der Waals surface area contributed by atoms with Crippen LogP contribution in [0.3, 0.4) is 0 Å². The van der Waals surface area contributed by atoms with Crippen LogP contribution in [-0.4, -0.2) is 209 Å². The number of nitrogens with two attached hydrogens (primary N) is 4. The van der Waals surface area contributed by atoms with Gasteiger partial charge in [0.25, 0.3) is 5.91 Å². The van der Waals surface area contributed by atoms with E-state index in [1.54, 1.807) is 96.7 Å². The Kier molecular flexibility index (Phi) is 24.2. The van der Waals surface area contributed by atoms with E-state index in [-0.39, 0.29) is 108 Å². The van der Waals surface area contributed by atoms with Crippen molar-refractivity contribution in [1.29, 1.82) is 0 Å². The van der Waals surface area contributed by atoms with E-state index in [9.17, 15) is 22.4 Å². The van der Waals surface area contributed by atoms with Crippen molar-refractivity contribution in [2.45, 2.75) is 154 Å². The van der Waals surface area contributed by atoms with Gasteiger partial charge in [0.15, 0.2) is 28.8 Å². The highest BCUT2D eigenvalue weighted by Gasteiger charge is 2.55. The van der Waals surface area contributed by atoms with Gasteiger partial charge in [-0.25, -0.2) is 57.4 Å². The molecule has 12 heterocycles. The second kappa shape index (κ2) is 36.9. The Labute approximate surface area is 793 Å². The number of carbonyl (C=O) groups excluding carboxylic acids is 1. The average molecular weight is 1880 g/mol. The minimum Gasteiger partial charge on any atom is -0.421 e. The molecule has 4 saturated heterocycles. The van der Waals surface area contributed by atoms with Crippen molar-refractivity contribution in [2.24, 2.45) is 52.0 Å². The molecule has 714 valence electrons. The first kappa shape index (κ1) is 90.5. The van der Waals surface area contributed by atoms with E-state index in [1.165, 1.54) is 36.7 Å². The van der Waals surface area contributed by atoms with Crippen LogP contribution in [0.25, 0.3) is 44.5 Å². The first-order valence-electron chi connectivity index (χ1n) is 46.8. The number of nitrogens with zero attached hydrogens (tertiary/aromatic N) is 20. The molecule has 6 bridgehead atoms. The molecule has 40 heteroatoms. The molecule has 6 unspecified atom stereocenters. The van der Waals surface area contributed by atoms with Crippen molar-refractivity contribution in [1.82, 2.24) is 85.1 Å². The molecule has 10 atom stereocenters.